The Labute approximate surface area is 91.8 Å². The predicted octanol–water partition coefficient (Wildman–Crippen LogP) is 0.698. The Bertz CT molecular complexity index is 563. The minimum Gasteiger partial charge on any atom is -0.497 e. The Morgan fingerprint density at radius 3 is 3.00 bits per heavy atom. The van der Waals surface area contributed by atoms with Crippen molar-refractivity contribution in [3.05, 3.63) is 34.1 Å². The van der Waals surface area contributed by atoms with E-state index < -0.39 is 0 Å². The van der Waals surface area contributed by atoms with Gasteiger partial charge in [0.2, 0.25) is 5.43 Å². The number of nitrogens with zero attached hydrogens (tertiary/aromatic N) is 1. The second kappa shape index (κ2) is 4.32. The molecule has 5 heteroatoms. The Morgan fingerprint density at radius 1 is 1.50 bits per heavy atom. The number of ether oxygens (including phenoxy) is 1. The molecule has 0 atom stereocenters. The monoisotopic (exact) mass is 220 g/mol. The minimum absolute atomic E-state index is 0.148. The van der Waals surface area contributed by atoms with Crippen molar-refractivity contribution in [3.63, 3.8) is 0 Å². The van der Waals surface area contributed by atoms with Crippen LogP contribution in [0.5, 0.6) is 5.75 Å². The van der Waals surface area contributed by atoms with Crippen LogP contribution < -0.4 is 15.9 Å². The van der Waals surface area contributed by atoms with Crippen LogP contribution in [0, 0.1) is 0 Å². The fraction of sp³-hybridized carbons (Fsp3) is 0.273. The van der Waals surface area contributed by atoms with Gasteiger partial charge in [-0.1, -0.05) is 5.16 Å². The number of fused-ring (bicyclic) bond motifs is 1. The largest absolute Gasteiger partial charge is 0.497 e. The number of methoxy groups -OCH3 is 1. The fourth-order valence-electron chi connectivity index (χ4n) is 1.49. The molecular weight excluding hydrogens is 208 g/mol. The molecule has 0 spiro atoms. The van der Waals surface area contributed by atoms with Crippen molar-refractivity contribution in [2.45, 2.75) is 6.42 Å². The van der Waals surface area contributed by atoms with Crippen molar-refractivity contribution in [1.29, 1.82) is 0 Å². The van der Waals surface area contributed by atoms with E-state index in [0.29, 0.717) is 35.4 Å². The van der Waals surface area contributed by atoms with Crippen molar-refractivity contribution in [3.8, 4) is 5.75 Å². The SMILES string of the molecule is COc1ccc2onc(CCN)c(=O)c2c1. The van der Waals surface area contributed by atoms with Crippen molar-refractivity contribution in [2.24, 2.45) is 5.73 Å². The van der Waals surface area contributed by atoms with Gasteiger partial charge >= 0.3 is 0 Å². The Balaban J connectivity index is 2.66. The smallest absolute Gasteiger partial charge is 0.214 e. The molecule has 1 heterocycles. The van der Waals surface area contributed by atoms with Gasteiger partial charge in [-0.2, -0.15) is 0 Å². The molecule has 16 heavy (non-hydrogen) atoms. The number of hydrogen-bond acceptors (Lipinski definition) is 5. The first-order valence-corrected chi connectivity index (χ1v) is 4.93. The van der Waals surface area contributed by atoms with E-state index >= 15 is 0 Å². The molecule has 0 fully saturated rings. The molecule has 0 radical (unpaired) electrons. The van der Waals surface area contributed by atoms with Gasteiger partial charge in [-0.25, -0.2) is 0 Å². The molecule has 0 aliphatic rings. The highest BCUT2D eigenvalue weighted by atomic mass is 16.5. The van der Waals surface area contributed by atoms with Crippen LogP contribution in [-0.2, 0) is 6.42 Å². The minimum atomic E-state index is -0.148. The molecule has 0 amide bonds. The maximum absolute atomic E-state index is 12.0. The van der Waals surface area contributed by atoms with Gasteiger partial charge in [0.25, 0.3) is 0 Å². The van der Waals surface area contributed by atoms with E-state index in [1.54, 1.807) is 25.3 Å². The predicted molar refractivity (Wildman–Crippen MR) is 59.6 cm³/mol. The molecule has 2 rings (SSSR count). The molecule has 1 aromatic carbocycles. The number of hydrogen-bond donors (Lipinski definition) is 1. The lowest BCUT2D eigenvalue weighted by atomic mass is 10.2. The maximum Gasteiger partial charge on any atom is 0.214 e. The molecule has 0 unspecified atom stereocenters. The quantitative estimate of drug-likeness (QED) is 0.823. The molecule has 2 aromatic rings. The van der Waals surface area contributed by atoms with Gasteiger partial charge in [0, 0.05) is 6.42 Å². The van der Waals surface area contributed by atoms with Gasteiger partial charge in [0.15, 0.2) is 5.58 Å². The van der Waals surface area contributed by atoms with Crippen LogP contribution in [0.1, 0.15) is 5.69 Å². The van der Waals surface area contributed by atoms with Gasteiger partial charge in [0.05, 0.1) is 12.5 Å². The molecule has 0 saturated carbocycles. The lowest BCUT2D eigenvalue weighted by molar-refractivity contribution is 0.411. The zero-order valence-electron chi connectivity index (χ0n) is 8.90. The van der Waals surface area contributed by atoms with Crippen LogP contribution in [0.15, 0.2) is 27.5 Å². The lowest BCUT2D eigenvalue weighted by Gasteiger charge is -2.02. The molecule has 1 aromatic heterocycles. The van der Waals surface area contributed by atoms with Crippen LogP contribution in [-0.4, -0.2) is 18.8 Å². The first-order valence-electron chi connectivity index (χ1n) is 4.93. The van der Waals surface area contributed by atoms with E-state index in [9.17, 15) is 4.79 Å². The summed E-state index contributed by atoms with van der Waals surface area (Å²) in [5, 5.41) is 4.21. The van der Waals surface area contributed by atoms with Gasteiger partial charge in [-0.15, -0.1) is 0 Å². The van der Waals surface area contributed by atoms with Gasteiger partial charge in [-0.05, 0) is 24.7 Å². The molecule has 0 saturated heterocycles. The summed E-state index contributed by atoms with van der Waals surface area (Å²) >= 11 is 0. The molecular formula is C11H12N2O3. The van der Waals surface area contributed by atoms with E-state index in [4.69, 9.17) is 15.0 Å². The summed E-state index contributed by atoms with van der Waals surface area (Å²) in [5.74, 6) is 0.615. The standard InChI is InChI=1S/C11H12N2O3/c1-15-7-2-3-10-8(6-7)11(14)9(4-5-12)13-16-10/h2-3,6H,4-5,12H2,1H3. The zero-order chi connectivity index (χ0) is 11.5. The lowest BCUT2D eigenvalue weighted by Crippen LogP contribution is -2.16. The summed E-state index contributed by atoms with van der Waals surface area (Å²) in [5.41, 5.74) is 6.04. The van der Waals surface area contributed by atoms with Crippen molar-refractivity contribution in [2.75, 3.05) is 13.7 Å². The highest BCUT2D eigenvalue weighted by Crippen LogP contribution is 2.17. The summed E-state index contributed by atoms with van der Waals surface area (Å²) in [6.07, 6.45) is 0.412. The summed E-state index contributed by atoms with van der Waals surface area (Å²) in [4.78, 5) is 12.0. The van der Waals surface area contributed by atoms with E-state index in [2.05, 4.69) is 5.16 Å². The van der Waals surface area contributed by atoms with E-state index in [1.807, 2.05) is 0 Å². The summed E-state index contributed by atoms with van der Waals surface area (Å²) in [6.45, 7) is 0.368. The molecule has 2 N–H and O–H groups in total. The van der Waals surface area contributed by atoms with Crippen molar-refractivity contribution < 1.29 is 9.26 Å². The third-order valence-electron chi connectivity index (χ3n) is 2.33. The maximum atomic E-state index is 12.0. The number of rotatable bonds is 3. The van der Waals surface area contributed by atoms with Crippen molar-refractivity contribution in [1.82, 2.24) is 5.16 Å². The molecule has 0 bridgehead atoms. The number of benzene rings is 1. The topological polar surface area (TPSA) is 78.3 Å². The average Bonchev–Trinajstić information content (AvgIpc) is 2.33. The van der Waals surface area contributed by atoms with Gasteiger partial charge in [0.1, 0.15) is 11.4 Å². The number of aromatic nitrogens is 1. The van der Waals surface area contributed by atoms with Gasteiger partial charge in [-0.3, -0.25) is 4.79 Å². The molecule has 0 aliphatic heterocycles. The van der Waals surface area contributed by atoms with E-state index in [1.165, 1.54) is 0 Å². The normalized spacial score (nSPS) is 10.6. The third-order valence-corrected chi connectivity index (χ3v) is 2.33. The first-order chi connectivity index (χ1) is 7.76. The highest BCUT2D eigenvalue weighted by molar-refractivity contribution is 5.77. The van der Waals surface area contributed by atoms with Crippen LogP contribution in [0.4, 0.5) is 0 Å². The second-order valence-electron chi connectivity index (χ2n) is 3.36. The van der Waals surface area contributed by atoms with Crippen molar-refractivity contribution >= 4 is 11.0 Å². The first kappa shape index (κ1) is 10.6. The van der Waals surface area contributed by atoms with Crippen LogP contribution >= 0.6 is 0 Å². The second-order valence-corrected chi connectivity index (χ2v) is 3.36. The third kappa shape index (κ3) is 1.77. The molecule has 5 nitrogen and oxygen atoms in total. The summed E-state index contributed by atoms with van der Waals surface area (Å²) < 4.78 is 10.2. The van der Waals surface area contributed by atoms with Crippen LogP contribution in [0.3, 0.4) is 0 Å². The highest BCUT2D eigenvalue weighted by Gasteiger charge is 2.08. The zero-order valence-corrected chi connectivity index (χ0v) is 8.90. The van der Waals surface area contributed by atoms with Gasteiger partial charge < -0.3 is 15.0 Å². The van der Waals surface area contributed by atoms with Crippen LogP contribution in [0.25, 0.3) is 11.0 Å². The Kier molecular flexibility index (Phi) is 2.87. The molecule has 0 aliphatic carbocycles. The average molecular weight is 220 g/mol. The Morgan fingerprint density at radius 2 is 2.31 bits per heavy atom. The Hall–Kier alpha value is -1.88. The van der Waals surface area contributed by atoms with E-state index in [0.717, 1.165) is 0 Å². The van der Waals surface area contributed by atoms with E-state index in [-0.39, 0.29) is 5.43 Å². The summed E-state index contributed by atoms with van der Waals surface area (Å²) in [7, 11) is 1.55. The van der Waals surface area contributed by atoms with Crippen LogP contribution in [0.2, 0.25) is 0 Å². The summed E-state index contributed by atoms with van der Waals surface area (Å²) in [6, 6.07) is 5.02. The fourth-order valence-corrected chi connectivity index (χ4v) is 1.49. The molecule has 84 valence electrons. The number of nitrogens with two attached hydrogens (primary N) is 1.